The highest BCUT2D eigenvalue weighted by molar-refractivity contribution is 5.35. The molecule has 1 fully saturated rings. The van der Waals surface area contributed by atoms with E-state index in [1.54, 1.807) is 0 Å². The standard InChI is InChI=1S/C15H24N2O/c1-12-4-3-5-14(13(12)2)15(6-11-18)17-9-7-16-8-10-17/h3-5,15-16,18H,6-11H2,1-2H3/t15-/m0/s1. The number of aryl methyl sites for hydroxylation is 1. The molecule has 3 nitrogen and oxygen atoms in total. The van der Waals surface area contributed by atoms with Gasteiger partial charge in [0.15, 0.2) is 0 Å². The Morgan fingerprint density at radius 2 is 2.00 bits per heavy atom. The van der Waals surface area contributed by atoms with Crippen molar-refractivity contribution >= 4 is 0 Å². The Bertz CT molecular complexity index is 386. The summed E-state index contributed by atoms with van der Waals surface area (Å²) in [6.07, 6.45) is 0.824. The fraction of sp³-hybridized carbons (Fsp3) is 0.600. The van der Waals surface area contributed by atoms with Crippen molar-refractivity contribution in [3.63, 3.8) is 0 Å². The Morgan fingerprint density at radius 3 is 2.67 bits per heavy atom. The first-order chi connectivity index (χ1) is 8.74. The number of rotatable bonds is 4. The topological polar surface area (TPSA) is 35.5 Å². The Hall–Kier alpha value is -0.900. The summed E-state index contributed by atoms with van der Waals surface area (Å²) in [5, 5.41) is 12.7. The Kier molecular flexibility index (Phi) is 4.75. The van der Waals surface area contributed by atoms with E-state index in [4.69, 9.17) is 0 Å². The molecule has 2 rings (SSSR count). The second-order valence-corrected chi connectivity index (χ2v) is 5.10. The summed E-state index contributed by atoms with van der Waals surface area (Å²) in [6.45, 7) is 8.83. The maximum atomic E-state index is 9.35. The van der Waals surface area contributed by atoms with Crippen molar-refractivity contribution < 1.29 is 5.11 Å². The van der Waals surface area contributed by atoms with Gasteiger partial charge in [-0.1, -0.05) is 18.2 Å². The third-order valence-corrected chi connectivity index (χ3v) is 4.00. The SMILES string of the molecule is Cc1cccc([C@H](CCO)N2CCNCC2)c1C. The highest BCUT2D eigenvalue weighted by Gasteiger charge is 2.23. The molecule has 100 valence electrons. The summed E-state index contributed by atoms with van der Waals surface area (Å²) in [5.74, 6) is 0. The molecular formula is C15H24N2O. The number of hydrogen-bond acceptors (Lipinski definition) is 3. The third-order valence-electron chi connectivity index (χ3n) is 4.00. The molecule has 1 aromatic carbocycles. The van der Waals surface area contributed by atoms with Crippen molar-refractivity contribution in [2.24, 2.45) is 0 Å². The van der Waals surface area contributed by atoms with Crippen LogP contribution in [0.5, 0.6) is 0 Å². The van der Waals surface area contributed by atoms with E-state index in [0.29, 0.717) is 6.04 Å². The lowest BCUT2D eigenvalue weighted by Crippen LogP contribution is -2.45. The molecule has 0 bridgehead atoms. The van der Waals surface area contributed by atoms with Crippen LogP contribution in [0.1, 0.15) is 29.2 Å². The predicted molar refractivity (Wildman–Crippen MR) is 74.8 cm³/mol. The van der Waals surface area contributed by atoms with Crippen LogP contribution < -0.4 is 5.32 Å². The van der Waals surface area contributed by atoms with E-state index in [-0.39, 0.29) is 6.61 Å². The number of piperazine rings is 1. The summed E-state index contributed by atoms with van der Waals surface area (Å²) >= 11 is 0. The smallest absolute Gasteiger partial charge is 0.0449 e. The largest absolute Gasteiger partial charge is 0.396 e. The molecule has 1 saturated heterocycles. The second-order valence-electron chi connectivity index (χ2n) is 5.10. The number of aliphatic hydroxyl groups excluding tert-OH is 1. The predicted octanol–water partition coefficient (Wildman–Crippen LogP) is 1.63. The fourth-order valence-corrected chi connectivity index (χ4v) is 2.79. The summed E-state index contributed by atoms with van der Waals surface area (Å²) in [7, 11) is 0. The van der Waals surface area contributed by atoms with Crippen LogP contribution in [-0.2, 0) is 0 Å². The summed E-state index contributed by atoms with van der Waals surface area (Å²) < 4.78 is 0. The molecule has 1 aromatic rings. The summed E-state index contributed by atoms with van der Waals surface area (Å²) in [6, 6.07) is 6.86. The molecule has 0 saturated carbocycles. The van der Waals surface area contributed by atoms with Crippen molar-refractivity contribution in [2.45, 2.75) is 26.3 Å². The van der Waals surface area contributed by atoms with Crippen LogP contribution in [0.25, 0.3) is 0 Å². The van der Waals surface area contributed by atoms with Gasteiger partial charge in [0, 0.05) is 38.8 Å². The molecule has 2 N–H and O–H groups in total. The highest BCUT2D eigenvalue weighted by Crippen LogP contribution is 2.28. The maximum Gasteiger partial charge on any atom is 0.0449 e. The zero-order valence-corrected chi connectivity index (χ0v) is 11.4. The van der Waals surface area contributed by atoms with E-state index in [2.05, 4.69) is 42.3 Å². The lowest BCUT2D eigenvalue weighted by molar-refractivity contribution is 0.140. The van der Waals surface area contributed by atoms with Gasteiger partial charge in [-0.2, -0.15) is 0 Å². The quantitative estimate of drug-likeness (QED) is 0.850. The molecule has 3 heteroatoms. The molecule has 1 aliphatic rings. The van der Waals surface area contributed by atoms with Crippen LogP contribution in [0.2, 0.25) is 0 Å². The van der Waals surface area contributed by atoms with E-state index in [1.165, 1.54) is 16.7 Å². The van der Waals surface area contributed by atoms with Crippen LogP contribution in [0, 0.1) is 13.8 Å². The average molecular weight is 248 g/mol. The zero-order chi connectivity index (χ0) is 13.0. The molecule has 18 heavy (non-hydrogen) atoms. The molecule has 0 aromatic heterocycles. The Balaban J connectivity index is 2.25. The molecule has 0 amide bonds. The van der Waals surface area contributed by atoms with Gasteiger partial charge in [-0.05, 0) is 37.0 Å². The first-order valence-electron chi connectivity index (χ1n) is 6.85. The molecule has 1 atom stereocenters. The first-order valence-corrected chi connectivity index (χ1v) is 6.85. The van der Waals surface area contributed by atoms with Gasteiger partial charge in [0.1, 0.15) is 0 Å². The monoisotopic (exact) mass is 248 g/mol. The van der Waals surface area contributed by atoms with Gasteiger partial charge >= 0.3 is 0 Å². The normalized spacial score (nSPS) is 18.8. The van der Waals surface area contributed by atoms with Crippen molar-refractivity contribution in [2.75, 3.05) is 32.8 Å². The summed E-state index contributed by atoms with van der Waals surface area (Å²) in [5.41, 5.74) is 4.09. The minimum absolute atomic E-state index is 0.252. The average Bonchev–Trinajstić information content (AvgIpc) is 2.41. The minimum Gasteiger partial charge on any atom is -0.396 e. The number of benzene rings is 1. The Labute approximate surface area is 110 Å². The molecule has 0 radical (unpaired) electrons. The fourth-order valence-electron chi connectivity index (χ4n) is 2.79. The van der Waals surface area contributed by atoms with Crippen molar-refractivity contribution in [1.29, 1.82) is 0 Å². The van der Waals surface area contributed by atoms with E-state index in [1.807, 2.05) is 0 Å². The number of aliphatic hydroxyl groups is 1. The molecule has 1 aliphatic heterocycles. The van der Waals surface area contributed by atoms with Gasteiger partial charge in [-0.15, -0.1) is 0 Å². The van der Waals surface area contributed by atoms with E-state index in [9.17, 15) is 5.11 Å². The van der Waals surface area contributed by atoms with Crippen LogP contribution in [-0.4, -0.2) is 42.8 Å². The van der Waals surface area contributed by atoms with Crippen LogP contribution in [0.15, 0.2) is 18.2 Å². The summed E-state index contributed by atoms with van der Waals surface area (Å²) in [4.78, 5) is 2.49. The molecule has 0 spiro atoms. The highest BCUT2D eigenvalue weighted by atomic mass is 16.3. The van der Waals surface area contributed by atoms with Crippen molar-refractivity contribution in [1.82, 2.24) is 10.2 Å². The van der Waals surface area contributed by atoms with E-state index >= 15 is 0 Å². The number of nitrogens with zero attached hydrogens (tertiary/aromatic N) is 1. The zero-order valence-electron chi connectivity index (χ0n) is 11.4. The molecule has 1 heterocycles. The van der Waals surface area contributed by atoms with Crippen LogP contribution >= 0.6 is 0 Å². The van der Waals surface area contributed by atoms with Crippen molar-refractivity contribution in [3.05, 3.63) is 34.9 Å². The van der Waals surface area contributed by atoms with Crippen molar-refractivity contribution in [3.8, 4) is 0 Å². The van der Waals surface area contributed by atoms with Gasteiger partial charge in [-0.3, -0.25) is 4.90 Å². The van der Waals surface area contributed by atoms with Gasteiger partial charge < -0.3 is 10.4 Å². The Morgan fingerprint density at radius 1 is 1.28 bits per heavy atom. The van der Waals surface area contributed by atoms with Gasteiger partial charge in [0.05, 0.1) is 0 Å². The first kappa shape index (κ1) is 13.5. The molecule has 0 aliphatic carbocycles. The number of hydrogen-bond donors (Lipinski definition) is 2. The van der Waals surface area contributed by atoms with E-state index < -0.39 is 0 Å². The van der Waals surface area contributed by atoms with Gasteiger partial charge in [0.2, 0.25) is 0 Å². The van der Waals surface area contributed by atoms with Gasteiger partial charge in [0.25, 0.3) is 0 Å². The van der Waals surface area contributed by atoms with Gasteiger partial charge in [-0.25, -0.2) is 0 Å². The second kappa shape index (κ2) is 6.32. The molecular weight excluding hydrogens is 224 g/mol. The lowest BCUT2D eigenvalue weighted by atomic mass is 9.94. The van der Waals surface area contributed by atoms with E-state index in [0.717, 1.165) is 32.6 Å². The lowest BCUT2D eigenvalue weighted by Gasteiger charge is -2.36. The minimum atomic E-state index is 0.252. The van der Waals surface area contributed by atoms with Crippen LogP contribution in [0.3, 0.4) is 0 Å². The van der Waals surface area contributed by atoms with Crippen LogP contribution in [0.4, 0.5) is 0 Å². The maximum absolute atomic E-state index is 9.35. The number of nitrogens with one attached hydrogen (secondary N) is 1. The third kappa shape index (κ3) is 2.91. The molecule has 0 unspecified atom stereocenters.